The second-order valence-electron chi connectivity index (χ2n) is 4.99. The fraction of sp³-hybridized carbons (Fsp3) is 0.500. The van der Waals surface area contributed by atoms with Crippen LogP contribution < -0.4 is 0 Å². The molecule has 1 heterocycles. The Hall–Kier alpha value is -0.440. The molecule has 0 spiro atoms. The van der Waals surface area contributed by atoms with Gasteiger partial charge in [-0.1, -0.05) is 22.0 Å². The van der Waals surface area contributed by atoms with Crippen molar-refractivity contribution >= 4 is 35.8 Å². The molecule has 0 saturated carbocycles. The number of aryl methyl sites for hydroxylation is 1. The van der Waals surface area contributed by atoms with E-state index in [9.17, 15) is 16.8 Å². The van der Waals surface area contributed by atoms with Crippen molar-refractivity contribution in [1.29, 1.82) is 0 Å². The standard InChI is InChI=1S/C12H16BrNO4S2/c1-9-3-4-10(13)7-12(9)20(17,18)14(2)11-5-6-19(15,16)8-11/h3-4,7,11H,5-6,8H2,1-2H3. The van der Waals surface area contributed by atoms with Crippen LogP contribution in [0.25, 0.3) is 0 Å². The lowest BCUT2D eigenvalue weighted by Gasteiger charge is -2.23. The van der Waals surface area contributed by atoms with Crippen LogP contribution in [0.15, 0.2) is 27.6 Å². The van der Waals surface area contributed by atoms with Crippen molar-refractivity contribution < 1.29 is 16.8 Å². The number of benzene rings is 1. The van der Waals surface area contributed by atoms with Gasteiger partial charge < -0.3 is 0 Å². The summed E-state index contributed by atoms with van der Waals surface area (Å²) in [7, 11) is -5.36. The molecule has 1 aromatic rings. The molecule has 1 aliphatic heterocycles. The van der Waals surface area contributed by atoms with Gasteiger partial charge in [0.15, 0.2) is 9.84 Å². The number of nitrogens with zero attached hydrogens (tertiary/aromatic N) is 1. The van der Waals surface area contributed by atoms with Crippen LogP contribution in [0.5, 0.6) is 0 Å². The van der Waals surface area contributed by atoms with Crippen molar-refractivity contribution in [3.63, 3.8) is 0 Å². The van der Waals surface area contributed by atoms with Crippen molar-refractivity contribution in [3.05, 3.63) is 28.2 Å². The zero-order valence-electron chi connectivity index (χ0n) is 11.2. The Morgan fingerprint density at radius 2 is 2.00 bits per heavy atom. The molecule has 8 heteroatoms. The van der Waals surface area contributed by atoms with E-state index in [4.69, 9.17) is 0 Å². The quantitative estimate of drug-likeness (QED) is 0.796. The predicted molar refractivity (Wildman–Crippen MR) is 80.9 cm³/mol. The molecule has 0 aliphatic carbocycles. The van der Waals surface area contributed by atoms with Crippen LogP contribution in [0, 0.1) is 6.92 Å². The molecule has 1 fully saturated rings. The Morgan fingerprint density at radius 1 is 1.35 bits per heavy atom. The van der Waals surface area contributed by atoms with Gasteiger partial charge in [0.1, 0.15) is 0 Å². The molecule has 0 aromatic heterocycles. The molecular weight excluding hydrogens is 366 g/mol. The largest absolute Gasteiger partial charge is 0.243 e. The Kier molecular flexibility index (Phi) is 4.30. The summed E-state index contributed by atoms with van der Waals surface area (Å²) in [6, 6.07) is 4.55. The number of hydrogen-bond acceptors (Lipinski definition) is 4. The molecule has 1 atom stereocenters. The van der Waals surface area contributed by atoms with Gasteiger partial charge in [0.05, 0.1) is 16.4 Å². The molecule has 1 unspecified atom stereocenters. The first kappa shape index (κ1) is 15.9. The van der Waals surface area contributed by atoms with Gasteiger partial charge in [-0.3, -0.25) is 0 Å². The van der Waals surface area contributed by atoms with Crippen molar-refractivity contribution in [3.8, 4) is 0 Å². The fourth-order valence-electron chi connectivity index (χ4n) is 2.27. The molecule has 1 saturated heterocycles. The van der Waals surface area contributed by atoms with Gasteiger partial charge in [0.2, 0.25) is 10.0 Å². The van der Waals surface area contributed by atoms with E-state index >= 15 is 0 Å². The number of sulfone groups is 1. The first-order chi connectivity index (χ1) is 9.13. The van der Waals surface area contributed by atoms with E-state index in [1.807, 2.05) is 0 Å². The van der Waals surface area contributed by atoms with E-state index in [-0.39, 0.29) is 16.4 Å². The van der Waals surface area contributed by atoms with E-state index < -0.39 is 25.9 Å². The smallest absolute Gasteiger partial charge is 0.229 e. The zero-order chi connectivity index (χ0) is 15.1. The Bertz CT molecular complexity index is 728. The zero-order valence-corrected chi connectivity index (χ0v) is 14.4. The Morgan fingerprint density at radius 3 is 2.55 bits per heavy atom. The summed E-state index contributed by atoms with van der Waals surface area (Å²) >= 11 is 3.26. The normalized spacial score (nSPS) is 22.3. The molecular formula is C12H16BrNO4S2. The summed E-state index contributed by atoms with van der Waals surface area (Å²) in [4.78, 5) is 0.207. The summed E-state index contributed by atoms with van der Waals surface area (Å²) in [5.41, 5.74) is 0.640. The lowest BCUT2D eigenvalue weighted by atomic mass is 10.2. The number of sulfonamides is 1. The minimum Gasteiger partial charge on any atom is -0.229 e. The van der Waals surface area contributed by atoms with Crippen LogP contribution in [0.4, 0.5) is 0 Å². The third-order valence-corrected chi connectivity index (χ3v) is 7.83. The lowest BCUT2D eigenvalue weighted by molar-refractivity contribution is 0.393. The topological polar surface area (TPSA) is 71.5 Å². The van der Waals surface area contributed by atoms with Crippen LogP contribution in [0.2, 0.25) is 0 Å². The van der Waals surface area contributed by atoms with Crippen LogP contribution in [-0.4, -0.2) is 45.7 Å². The minimum atomic E-state index is -3.69. The number of rotatable bonds is 3. The van der Waals surface area contributed by atoms with Crippen LogP contribution in [0.3, 0.4) is 0 Å². The molecule has 0 N–H and O–H groups in total. The fourth-order valence-corrected chi connectivity index (χ4v) is 6.28. The number of hydrogen-bond donors (Lipinski definition) is 0. The van der Waals surface area contributed by atoms with Crippen molar-refractivity contribution in [2.45, 2.75) is 24.3 Å². The first-order valence-corrected chi connectivity index (χ1v) is 10.1. The molecule has 1 aliphatic rings. The molecule has 0 bridgehead atoms. The Labute approximate surface area is 128 Å². The van der Waals surface area contributed by atoms with Crippen molar-refractivity contribution in [2.24, 2.45) is 0 Å². The number of halogens is 1. The predicted octanol–water partition coefficient (Wildman–Crippen LogP) is 1.57. The monoisotopic (exact) mass is 381 g/mol. The van der Waals surface area contributed by atoms with Crippen molar-refractivity contribution in [2.75, 3.05) is 18.6 Å². The van der Waals surface area contributed by atoms with E-state index in [1.54, 1.807) is 25.1 Å². The molecule has 5 nitrogen and oxygen atoms in total. The highest BCUT2D eigenvalue weighted by Crippen LogP contribution is 2.27. The van der Waals surface area contributed by atoms with Crippen LogP contribution in [-0.2, 0) is 19.9 Å². The molecule has 0 amide bonds. The average Bonchev–Trinajstić information content (AvgIpc) is 2.71. The van der Waals surface area contributed by atoms with Crippen LogP contribution in [0.1, 0.15) is 12.0 Å². The summed E-state index contributed by atoms with van der Waals surface area (Å²) in [5.74, 6) is -0.0508. The van der Waals surface area contributed by atoms with Gasteiger partial charge in [-0.2, -0.15) is 4.31 Å². The first-order valence-electron chi connectivity index (χ1n) is 6.08. The van der Waals surface area contributed by atoms with Gasteiger partial charge in [-0.25, -0.2) is 16.8 Å². The van der Waals surface area contributed by atoms with Gasteiger partial charge >= 0.3 is 0 Å². The molecule has 1 aromatic carbocycles. The maximum Gasteiger partial charge on any atom is 0.243 e. The van der Waals surface area contributed by atoms with E-state index in [0.717, 1.165) is 0 Å². The molecule has 2 rings (SSSR count). The summed E-state index contributed by atoms with van der Waals surface area (Å²) in [6.07, 6.45) is 0.352. The summed E-state index contributed by atoms with van der Waals surface area (Å²) in [6.45, 7) is 1.72. The average molecular weight is 382 g/mol. The third-order valence-electron chi connectivity index (χ3n) is 3.53. The summed E-state index contributed by atoms with van der Waals surface area (Å²) in [5, 5.41) is 0. The van der Waals surface area contributed by atoms with Crippen molar-refractivity contribution in [1.82, 2.24) is 4.31 Å². The SMILES string of the molecule is Cc1ccc(Br)cc1S(=O)(=O)N(C)C1CCS(=O)(=O)C1. The maximum atomic E-state index is 12.6. The molecule has 112 valence electrons. The van der Waals surface area contributed by atoms with Gasteiger partial charge in [-0.05, 0) is 31.0 Å². The molecule has 20 heavy (non-hydrogen) atoms. The van der Waals surface area contributed by atoms with Gasteiger partial charge in [0, 0.05) is 17.6 Å². The highest BCUT2D eigenvalue weighted by atomic mass is 79.9. The van der Waals surface area contributed by atoms with E-state index in [2.05, 4.69) is 15.9 Å². The Balaban J connectivity index is 2.38. The highest BCUT2D eigenvalue weighted by molar-refractivity contribution is 9.10. The second kappa shape index (κ2) is 5.40. The second-order valence-corrected chi connectivity index (χ2v) is 10.1. The van der Waals surface area contributed by atoms with Gasteiger partial charge in [-0.15, -0.1) is 0 Å². The van der Waals surface area contributed by atoms with E-state index in [0.29, 0.717) is 16.5 Å². The van der Waals surface area contributed by atoms with Crippen LogP contribution >= 0.6 is 15.9 Å². The summed E-state index contributed by atoms with van der Waals surface area (Å²) < 4.78 is 50.1. The molecule has 0 radical (unpaired) electrons. The minimum absolute atomic E-state index is 0.0506. The lowest BCUT2D eigenvalue weighted by Crippen LogP contribution is -2.38. The third kappa shape index (κ3) is 3.08. The maximum absolute atomic E-state index is 12.6. The van der Waals surface area contributed by atoms with E-state index in [1.165, 1.54) is 11.4 Å². The highest BCUT2D eigenvalue weighted by Gasteiger charge is 2.36. The van der Waals surface area contributed by atoms with Gasteiger partial charge in [0.25, 0.3) is 0 Å².